The smallest absolute Gasteiger partial charge is 0.326 e. The molecule has 26 heavy (non-hydrogen) atoms. The first-order valence-electron chi connectivity index (χ1n) is 9.01. The molecule has 2 aromatic rings. The van der Waals surface area contributed by atoms with Gasteiger partial charge in [0.05, 0.1) is 0 Å². The van der Waals surface area contributed by atoms with E-state index in [1.54, 1.807) is 30.0 Å². The molecule has 1 saturated carbocycles. The quantitative estimate of drug-likeness (QED) is 0.909. The number of fused-ring (bicyclic) bond motifs is 1. The van der Waals surface area contributed by atoms with Crippen molar-refractivity contribution >= 4 is 11.9 Å². The molecule has 4 rings (SSSR count). The Kier molecular flexibility index (Phi) is 4.22. The maximum Gasteiger partial charge on any atom is 0.326 e. The van der Waals surface area contributed by atoms with Gasteiger partial charge in [0.15, 0.2) is 0 Å². The number of aromatic nitrogens is 2. The van der Waals surface area contributed by atoms with Gasteiger partial charge < -0.3 is 14.5 Å². The van der Waals surface area contributed by atoms with E-state index in [-0.39, 0.29) is 17.9 Å². The maximum absolute atomic E-state index is 13.2. The number of hydrogen-bond donors (Lipinski definition) is 1. The van der Waals surface area contributed by atoms with Crippen LogP contribution in [0.25, 0.3) is 11.4 Å². The van der Waals surface area contributed by atoms with Crippen LogP contribution in [-0.2, 0) is 4.79 Å². The summed E-state index contributed by atoms with van der Waals surface area (Å²) in [5.41, 5.74) is 1.14. The highest BCUT2D eigenvalue weighted by molar-refractivity contribution is 5.98. The molecule has 1 aromatic carbocycles. The number of likely N-dealkylation sites (tertiary alicyclic amines) is 1. The van der Waals surface area contributed by atoms with Crippen LogP contribution in [0, 0.1) is 12.8 Å². The minimum atomic E-state index is -0.919. The predicted molar refractivity (Wildman–Crippen MR) is 92.4 cm³/mol. The van der Waals surface area contributed by atoms with Gasteiger partial charge in [-0.3, -0.25) is 4.79 Å². The van der Waals surface area contributed by atoms with E-state index in [0.717, 1.165) is 25.7 Å². The van der Waals surface area contributed by atoms with Crippen molar-refractivity contribution in [3.05, 3.63) is 35.7 Å². The summed E-state index contributed by atoms with van der Waals surface area (Å²) in [6, 6.07) is 6.28. The highest BCUT2D eigenvalue weighted by Gasteiger charge is 2.47. The van der Waals surface area contributed by atoms with E-state index < -0.39 is 12.0 Å². The molecule has 0 spiro atoms. The van der Waals surface area contributed by atoms with Gasteiger partial charge in [-0.15, -0.1) is 0 Å². The second-order valence-corrected chi connectivity index (χ2v) is 7.13. The number of carbonyl (C=O) groups excluding carboxylic acids is 1. The molecule has 7 heteroatoms. The molecule has 2 aliphatic rings. The van der Waals surface area contributed by atoms with Crippen LogP contribution >= 0.6 is 0 Å². The summed E-state index contributed by atoms with van der Waals surface area (Å²) in [5.74, 6) is 0.0135. The molecule has 3 atom stereocenters. The van der Waals surface area contributed by atoms with Crippen LogP contribution in [0.5, 0.6) is 0 Å². The lowest BCUT2D eigenvalue weighted by molar-refractivity contribution is -0.141. The lowest BCUT2D eigenvalue weighted by Gasteiger charge is -2.33. The molecular weight excluding hydrogens is 334 g/mol. The number of carboxylic acids is 1. The molecule has 2 fully saturated rings. The topological polar surface area (TPSA) is 96.5 Å². The lowest BCUT2D eigenvalue weighted by Crippen LogP contribution is -2.46. The molecule has 136 valence electrons. The van der Waals surface area contributed by atoms with E-state index in [1.165, 1.54) is 0 Å². The van der Waals surface area contributed by atoms with E-state index in [4.69, 9.17) is 4.52 Å². The summed E-state index contributed by atoms with van der Waals surface area (Å²) in [6.45, 7) is 1.70. The van der Waals surface area contributed by atoms with Crippen molar-refractivity contribution in [2.75, 3.05) is 0 Å². The second kappa shape index (κ2) is 6.55. The number of aliphatic carboxylic acids is 1. The van der Waals surface area contributed by atoms with Gasteiger partial charge in [-0.05, 0) is 37.3 Å². The Morgan fingerprint density at radius 1 is 1.27 bits per heavy atom. The molecule has 0 unspecified atom stereocenters. The molecule has 7 nitrogen and oxygen atoms in total. The number of carboxylic acid groups (broad SMARTS) is 1. The first-order chi connectivity index (χ1) is 12.5. The van der Waals surface area contributed by atoms with Gasteiger partial charge >= 0.3 is 5.97 Å². The van der Waals surface area contributed by atoms with Crippen LogP contribution in [0.1, 0.15) is 48.4 Å². The highest BCUT2D eigenvalue weighted by atomic mass is 16.5. The van der Waals surface area contributed by atoms with Crippen LogP contribution in [0.15, 0.2) is 28.8 Å². The van der Waals surface area contributed by atoms with Gasteiger partial charge in [0.25, 0.3) is 5.91 Å². The molecule has 1 aliphatic heterocycles. The van der Waals surface area contributed by atoms with E-state index in [1.807, 2.05) is 6.07 Å². The second-order valence-electron chi connectivity index (χ2n) is 7.13. The fourth-order valence-corrected chi connectivity index (χ4v) is 4.33. The highest BCUT2D eigenvalue weighted by Crippen LogP contribution is 2.40. The van der Waals surface area contributed by atoms with Gasteiger partial charge in [-0.1, -0.05) is 30.1 Å². The molecular formula is C19H21N3O4. The first kappa shape index (κ1) is 16.8. The molecule has 1 aromatic heterocycles. The standard InChI is InChI=1S/C19H21N3O4/c1-11-20-17(21-26-11)13-6-4-7-14(9-13)18(23)22-15-8-3-2-5-12(15)10-16(22)19(24)25/h4,6-7,9,12,15-16H,2-3,5,8,10H2,1H3,(H,24,25)/t12-,15-,16-/m0/s1. The third-order valence-electron chi connectivity index (χ3n) is 5.50. The van der Waals surface area contributed by atoms with Crippen molar-refractivity contribution in [1.82, 2.24) is 15.0 Å². The van der Waals surface area contributed by atoms with Crippen LogP contribution < -0.4 is 0 Å². The number of aryl methyl sites for hydroxylation is 1. The Labute approximate surface area is 151 Å². The van der Waals surface area contributed by atoms with E-state index in [0.29, 0.717) is 29.3 Å². The van der Waals surface area contributed by atoms with Crippen LogP contribution in [-0.4, -0.2) is 44.1 Å². The van der Waals surface area contributed by atoms with E-state index in [9.17, 15) is 14.7 Å². The number of nitrogens with zero attached hydrogens (tertiary/aromatic N) is 3. The van der Waals surface area contributed by atoms with Crippen LogP contribution in [0.4, 0.5) is 0 Å². The zero-order valence-electron chi connectivity index (χ0n) is 14.6. The first-order valence-corrected chi connectivity index (χ1v) is 9.01. The van der Waals surface area contributed by atoms with Gasteiger partial charge in [0.2, 0.25) is 11.7 Å². The predicted octanol–water partition coefficient (Wildman–Crippen LogP) is 2.90. The molecule has 1 aliphatic carbocycles. The van der Waals surface area contributed by atoms with Crippen molar-refractivity contribution in [2.45, 2.75) is 51.1 Å². The zero-order valence-corrected chi connectivity index (χ0v) is 14.6. The fraction of sp³-hybridized carbons (Fsp3) is 0.474. The van der Waals surface area contributed by atoms with Crippen molar-refractivity contribution in [2.24, 2.45) is 5.92 Å². The molecule has 1 amide bonds. The molecule has 0 bridgehead atoms. The summed E-state index contributed by atoms with van der Waals surface area (Å²) >= 11 is 0. The molecule has 2 heterocycles. The average Bonchev–Trinajstić information content (AvgIpc) is 3.25. The monoisotopic (exact) mass is 355 g/mol. The van der Waals surface area contributed by atoms with Gasteiger partial charge in [-0.2, -0.15) is 4.98 Å². The third kappa shape index (κ3) is 2.87. The van der Waals surface area contributed by atoms with Crippen molar-refractivity contribution in [3.8, 4) is 11.4 Å². The Balaban J connectivity index is 1.66. The fourth-order valence-electron chi connectivity index (χ4n) is 4.33. The Morgan fingerprint density at radius 2 is 2.08 bits per heavy atom. The largest absolute Gasteiger partial charge is 0.480 e. The van der Waals surface area contributed by atoms with Crippen molar-refractivity contribution in [1.29, 1.82) is 0 Å². The number of carbonyl (C=O) groups is 2. The summed E-state index contributed by atoms with van der Waals surface area (Å²) in [6.07, 6.45) is 4.58. The minimum absolute atomic E-state index is 0.0217. The summed E-state index contributed by atoms with van der Waals surface area (Å²) in [5, 5.41) is 13.5. The Hall–Kier alpha value is -2.70. The maximum atomic E-state index is 13.2. The molecule has 1 N–H and O–H groups in total. The normalized spacial score (nSPS) is 25.1. The number of amides is 1. The summed E-state index contributed by atoms with van der Waals surface area (Å²) in [7, 11) is 0. The van der Waals surface area contributed by atoms with Gasteiger partial charge in [-0.25, -0.2) is 4.79 Å². The Morgan fingerprint density at radius 3 is 2.81 bits per heavy atom. The van der Waals surface area contributed by atoms with Crippen LogP contribution in [0.2, 0.25) is 0 Å². The van der Waals surface area contributed by atoms with E-state index >= 15 is 0 Å². The van der Waals surface area contributed by atoms with Crippen LogP contribution in [0.3, 0.4) is 0 Å². The third-order valence-corrected chi connectivity index (χ3v) is 5.50. The average molecular weight is 355 g/mol. The Bertz CT molecular complexity index is 847. The van der Waals surface area contributed by atoms with E-state index in [2.05, 4.69) is 10.1 Å². The SMILES string of the molecule is Cc1nc(-c2cccc(C(=O)N3[C@H](C(=O)O)C[C@@H]4CCCC[C@@H]43)c2)no1. The molecule has 1 saturated heterocycles. The van der Waals surface area contributed by atoms with Gasteiger partial charge in [0.1, 0.15) is 6.04 Å². The van der Waals surface area contributed by atoms with Crippen molar-refractivity contribution < 1.29 is 19.2 Å². The van der Waals surface area contributed by atoms with Gasteiger partial charge in [0, 0.05) is 24.1 Å². The lowest BCUT2D eigenvalue weighted by atomic mass is 9.84. The van der Waals surface area contributed by atoms with Crippen molar-refractivity contribution in [3.63, 3.8) is 0 Å². The number of benzene rings is 1. The number of hydrogen-bond acceptors (Lipinski definition) is 5. The summed E-state index contributed by atoms with van der Waals surface area (Å²) in [4.78, 5) is 30.8. The zero-order chi connectivity index (χ0) is 18.3. The minimum Gasteiger partial charge on any atom is -0.480 e. The number of rotatable bonds is 3. The molecule has 0 radical (unpaired) electrons. The summed E-state index contributed by atoms with van der Waals surface area (Å²) < 4.78 is 5.00.